The van der Waals surface area contributed by atoms with Crippen LogP contribution >= 0.6 is 29.3 Å². The van der Waals surface area contributed by atoms with Gasteiger partial charge in [-0.2, -0.15) is 0 Å². The molecule has 0 aromatic heterocycles. The van der Waals surface area contributed by atoms with Crippen molar-refractivity contribution in [2.75, 3.05) is 44.4 Å². The molecule has 0 aromatic carbocycles. The normalized spacial score (nSPS) is 30.1. The fourth-order valence-electron chi connectivity index (χ4n) is 9.78. The molecule has 8 unspecified atom stereocenters. The van der Waals surface area contributed by atoms with E-state index in [2.05, 4.69) is 48.8 Å². The Balaban J connectivity index is 1.18. The Morgan fingerprint density at radius 1 is 0.981 bits per heavy atom. The first-order chi connectivity index (χ1) is 25.2. The summed E-state index contributed by atoms with van der Waals surface area (Å²) in [5.41, 5.74) is 29.9. The number of rotatable bonds is 22. The molecular weight excluding hydrogens is 732 g/mol. The second kappa shape index (κ2) is 20.6. The number of nitrogens with zero attached hydrogens (tertiary/aromatic N) is 2. The fourth-order valence-corrected chi connectivity index (χ4v) is 13.2. The number of allylic oxidation sites excluding steroid dienone is 1. The van der Waals surface area contributed by atoms with Crippen LogP contribution in [0, 0.1) is 40.4 Å². The lowest BCUT2D eigenvalue weighted by atomic mass is 9.47. The van der Waals surface area contributed by atoms with Crippen molar-refractivity contribution < 1.29 is 23.1 Å². The van der Waals surface area contributed by atoms with E-state index in [-0.39, 0.29) is 55.7 Å². The summed E-state index contributed by atoms with van der Waals surface area (Å²) >= 11 is 0. The van der Waals surface area contributed by atoms with Crippen LogP contribution in [0.3, 0.4) is 0 Å². The van der Waals surface area contributed by atoms with Crippen LogP contribution in [0.15, 0.2) is 21.6 Å². The third-order valence-corrected chi connectivity index (χ3v) is 16.6. The second-order valence-electron chi connectivity index (χ2n) is 16.5. The number of carbonyl (C=O) groups excluding carboxylic acids is 1. The number of hydrogen-bond acceptors (Lipinski definition) is 10. The van der Waals surface area contributed by atoms with Crippen molar-refractivity contribution >= 4 is 47.2 Å². The molecule has 3 saturated carbocycles. The van der Waals surface area contributed by atoms with Crippen LogP contribution in [0.2, 0.25) is 0 Å². The van der Waals surface area contributed by atoms with Gasteiger partial charge in [0.15, 0.2) is 11.9 Å². The van der Waals surface area contributed by atoms with E-state index in [4.69, 9.17) is 42.5 Å². The molecule has 4 rings (SSSR count). The van der Waals surface area contributed by atoms with E-state index in [9.17, 15) is 9.36 Å². The quantitative estimate of drug-likeness (QED) is 0.0148. The second-order valence-corrected chi connectivity index (χ2v) is 20.9. The van der Waals surface area contributed by atoms with Gasteiger partial charge in [0.05, 0.1) is 26.3 Å². The number of fused-ring (bicyclic) bond motifs is 5. The number of esters is 1. The van der Waals surface area contributed by atoms with Crippen LogP contribution in [0.1, 0.15) is 105 Å². The van der Waals surface area contributed by atoms with Gasteiger partial charge in [0.25, 0.3) is 0 Å². The van der Waals surface area contributed by atoms with Crippen LogP contribution in [0.5, 0.6) is 0 Å². The Morgan fingerprint density at radius 2 is 1.68 bits per heavy atom. The number of nitrogens with two attached hydrogens (primary N) is 5. The number of guanidine groups is 2. The Bertz CT molecular complexity index is 1300. The fraction of sp³-hybridized carbons (Fsp3) is 0.865. The average molecular weight is 801 g/mol. The van der Waals surface area contributed by atoms with Gasteiger partial charge in [0.1, 0.15) is 12.1 Å². The van der Waals surface area contributed by atoms with Gasteiger partial charge in [-0.25, -0.2) is 9.65 Å². The van der Waals surface area contributed by atoms with Gasteiger partial charge in [0.2, 0.25) is 0 Å². The number of hydrogen-bond donors (Lipinski definition) is 6. The van der Waals surface area contributed by atoms with Crippen LogP contribution < -0.4 is 33.8 Å². The number of ether oxygens (including phenoxy) is 1. The maximum atomic E-state index is 13.1. The Morgan fingerprint density at radius 3 is 2.34 bits per heavy atom. The minimum Gasteiger partial charge on any atom is -0.461 e. The number of unbranched alkanes of at least 4 members (excludes halogenated alkanes) is 1. The van der Waals surface area contributed by atoms with Crippen molar-refractivity contribution in [1.82, 2.24) is 5.09 Å². The van der Waals surface area contributed by atoms with E-state index in [0.29, 0.717) is 23.5 Å². The van der Waals surface area contributed by atoms with E-state index >= 15 is 0 Å². The molecule has 0 spiro atoms. The zero-order chi connectivity index (χ0) is 38.6. The SMILES string of the molecule is CC(C)CCCCC1CCC2C3CC=C4CC(OC(=O)C(N)CSSCCNP(=O)(OCCN=C(N)N)OCCN=C(N)N)CCC4(C)C3CCC12C. The van der Waals surface area contributed by atoms with Gasteiger partial charge < -0.3 is 33.4 Å². The molecule has 3 fully saturated rings. The molecule has 8 atom stereocenters. The number of aliphatic imine (C=N–C) groups is 2. The van der Waals surface area contributed by atoms with E-state index in [0.717, 1.165) is 48.9 Å². The minimum atomic E-state index is -3.66. The molecule has 0 saturated heterocycles. The molecule has 4 aliphatic rings. The lowest BCUT2D eigenvalue weighted by molar-refractivity contribution is -0.152. The summed E-state index contributed by atoms with van der Waals surface area (Å²) in [4.78, 5) is 20.7. The van der Waals surface area contributed by atoms with Gasteiger partial charge >= 0.3 is 13.7 Å². The first kappa shape index (κ1) is 44.2. The molecule has 13 nitrogen and oxygen atoms in total. The highest BCUT2D eigenvalue weighted by Crippen LogP contribution is 2.67. The van der Waals surface area contributed by atoms with Crippen molar-refractivity contribution in [1.29, 1.82) is 0 Å². The maximum Gasteiger partial charge on any atom is 0.405 e. The molecule has 0 aliphatic heterocycles. The van der Waals surface area contributed by atoms with E-state index in [1.807, 2.05) is 0 Å². The van der Waals surface area contributed by atoms with Crippen LogP contribution in [0.4, 0.5) is 0 Å². The third kappa shape index (κ3) is 12.5. The minimum absolute atomic E-state index is 0.0127. The molecule has 304 valence electrons. The van der Waals surface area contributed by atoms with Crippen molar-refractivity contribution in [3.05, 3.63) is 11.6 Å². The van der Waals surface area contributed by atoms with E-state index < -0.39 is 13.8 Å². The number of nitrogens with one attached hydrogen (secondary N) is 1. The maximum absolute atomic E-state index is 13.1. The zero-order valence-corrected chi connectivity index (χ0v) is 35.2. The van der Waals surface area contributed by atoms with Gasteiger partial charge in [-0.3, -0.25) is 23.8 Å². The summed E-state index contributed by atoms with van der Waals surface area (Å²) in [6.45, 7) is 10.4. The molecule has 0 radical (unpaired) electrons. The van der Waals surface area contributed by atoms with Crippen LogP contribution in [-0.2, 0) is 23.1 Å². The summed E-state index contributed by atoms with van der Waals surface area (Å²) in [5, 5.41) is 2.83. The number of carbonyl (C=O) groups is 1. The van der Waals surface area contributed by atoms with Crippen LogP contribution in [0.25, 0.3) is 0 Å². The highest BCUT2D eigenvalue weighted by atomic mass is 33.1. The summed E-state index contributed by atoms with van der Waals surface area (Å²) in [6.07, 6.45) is 17.5. The molecular formula is C37H69N8O5PS2. The Hall–Kier alpha value is -1.48. The highest BCUT2D eigenvalue weighted by molar-refractivity contribution is 8.76. The lowest BCUT2D eigenvalue weighted by Gasteiger charge is -2.58. The molecule has 11 N–H and O–H groups in total. The van der Waals surface area contributed by atoms with Crippen molar-refractivity contribution in [3.63, 3.8) is 0 Å². The summed E-state index contributed by atoms with van der Waals surface area (Å²) in [7, 11) is -0.689. The molecule has 4 aliphatic carbocycles. The zero-order valence-electron chi connectivity index (χ0n) is 32.6. The topological polar surface area (TPSA) is 229 Å². The Labute approximate surface area is 326 Å². The smallest absolute Gasteiger partial charge is 0.405 e. The predicted octanol–water partition coefficient (Wildman–Crippen LogP) is 5.68. The first-order valence-electron chi connectivity index (χ1n) is 19.8. The van der Waals surface area contributed by atoms with E-state index in [1.54, 1.807) is 0 Å². The lowest BCUT2D eigenvalue weighted by Crippen LogP contribution is -2.50. The highest BCUT2D eigenvalue weighted by Gasteiger charge is 2.58. The van der Waals surface area contributed by atoms with E-state index in [1.165, 1.54) is 84.9 Å². The first-order valence-corrected chi connectivity index (χ1v) is 23.8. The average Bonchev–Trinajstić information content (AvgIpc) is 3.44. The van der Waals surface area contributed by atoms with Gasteiger partial charge in [-0.15, -0.1) is 0 Å². The molecule has 0 heterocycles. The predicted molar refractivity (Wildman–Crippen MR) is 220 cm³/mol. The van der Waals surface area contributed by atoms with Crippen molar-refractivity contribution in [2.24, 2.45) is 79.1 Å². The Kier molecular flexibility index (Phi) is 17.2. The summed E-state index contributed by atoms with van der Waals surface area (Å²) < 4.78 is 30.1. The standard InChI is InChI=1S/C37H69N8O5PS2/c1-25(2)7-5-6-8-26-10-12-30-29-11-9-27-23-28(13-15-37(27,4)31(29)14-16-36(26,30)3)50-33(46)32(38)24-53-52-22-19-45-51(47,48-20-17-43-34(39)40)49-21-18-44-35(41)42/h9,25-26,28-32H,5-8,10-24,38H2,1-4H3,(H,45,47)(H4,39,40,43)(H4,41,42,44). The molecule has 0 bridgehead atoms. The monoisotopic (exact) mass is 800 g/mol. The molecule has 0 amide bonds. The molecule has 53 heavy (non-hydrogen) atoms. The van der Waals surface area contributed by atoms with Crippen molar-refractivity contribution in [2.45, 2.75) is 117 Å². The van der Waals surface area contributed by atoms with Crippen LogP contribution in [-0.4, -0.2) is 74.4 Å². The summed E-state index contributed by atoms with van der Waals surface area (Å²) in [6, 6.07) is -0.723. The third-order valence-electron chi connectivity index (χ3n) is 12.5. The molecule has 16 heteroatoms. The van der Waals surface area contributed by atoms with Crippen molar-refractivity contribution in [3.8, 4) is 0 Å². The van der Waals surface area contributed by atoms with Gasteiger partial charge in [-0.05, 0) is 91.8 Å². The van der Waals surface area contributed by atoms with Gasteiger partial charge in [-0.1, -0.05) is 80.2 Å². The largest absolute Gasteiger partial charge is 0.461 e. The summed E-state index contributed by atoms with van der Waals surface area (Å²) in [5.74, 6) is 4.52. The van der Waals surface area contributed by atoms with Gasteiger partial charge in [0, 0.05) is 24.5 Å². The molecule has 0 aromatic rings.